The van der Waals surface area contributed by atoms with Crippen LogP contribution in [0.3, 0.4) is 0 Å². The number of nitrogens with one attached hydrogen (secondary N) is 1. The van der Waals surface area contributed by atoms with E-state index < -0.39 is 11.7 Å². The van der Waals surface area contributed by atoms with Gasteiger partial charge in [0.25, 0.3) is 5.91 Å². The SMILES string of the molecule is O=C(Nc1cc(-c2nnc3n2CCCCC3)ccc1F)c1cc(Cl)c2c(c1)OCCCO2. The number of nitrogens with zero attached hydrogens (tertiary/aromatic N) is 3. The fourth-order valence-electron chi connectivity index (χ4n) is 4.02. The predicted molar refractivity (Wildman–Crippen MR) is 118 cm³/mol. The van der Waals surface area contributed by atoms with Gasteiger partial charge in [0.1, 0.15) is 11.6 Å². The standard InChI is InChI=1S/C23H22ClFN4O3/c24-16-11-15(13-19-21(16)32-10-4-9-31-19)23(30)26-18-12-14(6-7-17(18)25)22-28-27-20-5-2-1-3-8-29(20)22/h6-7,11-13H,1-5,8-10H2,(H,26,30). The summed E-state index contributed by atoms with van der Waals surface area (Å²) in [7, 11) is 0. The third kappa shape index (κ3) is 4.02. The largest absolute Gasteiger partial charge is 0.489 e. The smallest absolute Gasteiger partial charge is 0.255 e. The molecule has 0 aliphatic carbocycles. The fourth-order valence-corrected chi connectivity index (χ4v) is 4.28. The van der Waals surface area contributed by atoms with Crippen molar-refractivity contribution in [3.05, 3.63) is 52.6 Å². The van der Waals surface area contributed by atoms with Crippen LogP contribution in [0.1, 0.15) is 41.9 Å². The molecular formula is C23H22ClFN4O3. The number of carbonyl (C=O) groups excluding carboxylic acids is 1. The average molecular weight is 457 g/mol. The number of hydrogen-bond acceptors (Lipinski definition) is 5. The normalized spacial score (nSPS) is 15.4. The molecule has 2 aliphatic heterocycles. The van der Waals surface area contributed by atoms with Gasteiger partial charge >= 0.3 is 0 Å². The van der Waals surface area contributed by atoms with Crippen LogP contribution in [0, 0.1) is 5.82 Å². The molecule has 0 atom stereocenters. The van der Waals surface area contributed by atoms with Crippen LogP contribution in [0.2, 0.25) is 5.02 Å². The maximum Gasteiger partial charge on any atom is 0.255 e. The van der Waals surface area contributed by atoms with Gasteiger partial charge in [-0.2, -0.15) is 0 Å². The second kappa shape index (κ2) is 8.78. The zero-order chi connectivity index (χ0) is 22.1. The molecule has 0 fully saturated rings. The molecule has 1 aromatic heterocycles. The van der Waals surface area contributed by atoms with Gasteiger partial charge in [-0.1, -0.05) is 18.0 Å². The Morgan fingerprint density at radius 3 is 2.84 bits per heavy atom. The molecule has 0 bridgehead atoms. The lowest BCUT2D eigenvalue weighted by atomic mass is 10.1. The minimum absolute atomic E-state index is 0.0571. The molecule has 2 aromatic carbocycles. The summed E-state index contributed by atoms with van der Waals surface area (Å²) >= 11 is 6.29. The summed E-state index contributed by atoms with van der Waals surface area (Å²) in [5.74, 6) is 1.39. The summed E-state index contributed by atoms with van der Waals surface area (Å²) < 4.78 is 27.9. The number of hydrogen-bond donors (Lipinski definition) is 1. The van der Waals surface area contributed by atoms with E-state index in [1.807, 2.05) is 0 Å². The number of rotatable bonds is 3. The summed E-state index contributed by atoms with van der Waals surface area (Å²) in [4.78, 5) is 12.9. The van der Waals surface area contributed by atoms with E-state index >= 15 is 0 Å². The highest BCUT2D eigenvalue weighted by molar-refractivity contribution is 6.32. The highest BCUT2D eigenvalue weighted by atomic mass is 35.5. The Balaban J connectivity index is 1.43. The number of benzene rings is 2. The molecule has 9 heteroatoms. The van der Waals surface area contributed by atoms with E-state index in [4.69, 9.17) is 21.1 Å². The zero-order valence-electron chi connectivity index (χ0n) is 17.4. The second-order valence-electron chi connectivity index (χ2n) is 7.89. The fraction of sp³-hybridized carbons (Fsp3) is 0.348. The first-order valence-electron chi connectivity index (χ1n) is 10.7. The van der Waals surface area contributed by atoms with E-state index in [9.17, 15) is 9.18 Å². The summed E-state index contributed by atoms with van der Waals surface area (Å²) in [5, 5.41) is 11.5. The first-order chi connectivity index (χ1) is 15.6. The Bertz CT molecular complexity index is 1180. The van der Waals surface area contributed by atoms with Crippen molar-refractivity contribution in [2.24, 2.45) is 0 Å². The van der Waals surface area contributed by atoms with E-state index in [0.717, 1.165) is 44.5 Å². The minimum atomic E-state index is -0.543. The lowest BCUT2D eigenvalue weighted by molar-refractivity contribution is 0.102. The van der Waals surface area contributed by atoms with Crippen LogP contribution in [0.15, 0.2) is 30.3 Å². The van der Waals surface area contributed by atoms with Crippen LogP contribution in [0.25, 0.3) is 11.4 Å². The van der Waals surface area contributed by atoms with Gasteiger partial charge in [-0.25, -0.2) is 4.39 Å². The number of aryl methyl sites for hydroxylation is 1. The Labute approximate surface area is 189 Å². The molecular weight excluding hydrogens is 435 g/mol. The third-order valence-corrected chi connectivity index (χ3v) is 5.93. The van der Waals surface area contributed by atoms with Crippen molar-refractivity contribution in [3.63, 3.8) is 0 Å². The Morgan fingerprint density at radius 1 is 1.06 bits per heavy atom. The van der Waals surface area contributed by atoms with Gasteiger partial charge in [0.15, 0.2) is 17.3 Å². The molecule has 0 saturated heterocycles. The number of carbonyl (C=O) groups is 1. The van der Waals surface area contributed by atoms with Gasteiger partial charge in [-0.3, -0.25) is 4.79 Å². The summed E-state index contributed by atoms with van der Waals surface area (Å²) in [5.41, 5.74) is 1.00. The van der Waals surface area contributed by atoms with Gasteiger partial charge in [-0.05, 0) is 43.2 Å². The second-order valence-corrected chi connectivity index (χ2v) is 8.29. The third-order valence-electron chi connectivity index (χ3n) is 5.65. The Kier molecular flexibility index (Phi) is 5.70. The van der Waals surface area contributed by atoms with E-state index in [-0.39, 0.29) is 16.3 Å². The molecule has 5 rings (SSSR count). The van der Waals surface area contributed by atoms with Crippen LogP contribution < -0.4 is 14.8 Å². The number of aromatic nitrogens is 3. The lowest BCUT2D eigenvalue weighted by Gasteiger charge is -2.13. The number of fused-ring (bicyclic) bond motifs is 2. The van der Waals surface area contributed by atoms with Crippen molar-refractivity contribution in [2.75, 3.05) is 18.5 Å². The predicted octanol–water partition coefficient (Wildman–Crippen LogP) is 4.88. The van der Waals surface area contributed by atoms with Gasteiger partial charge in [0.2, 0.25) is 0 Å². The van der Waals surface area contributed by atoms with E-state index in [0.29, 0.717) is 36.1 Å². The molecule has 7 nitrogen and oxygen atoms in total. The van der Waals surface area contributed by atoms with Gasteiger partial charge < -0.3 is 19.4 Å². The molecule has 3 aromatic rings. The summed E-state index contributed by atoms with van der Waals surface area (Å²) in [6.07, 6.45) is 4.87. The molecule has 2 aliphatic rings. The van der Waals surface area contributed by atoms with E-state index in [1.165, 1.54) is 12.1 Å². The molecule has 1 amide bonds. The highest BCUT2D eigenvalue weighted by Gasteiger charge is 2.21. The molecule has 0 unspecified atom stereocenters. The first kappa shape index (κ1) is 20.8. The highest BCUT2D eigenvalue weighted by Crippen LogP contribution is 2.38. The molecule has 0 saturated carbocycles. The summed E-state index contributed by atoms with van der Waals surface area (Å²) in [6.45, 7) is 1.78. The van der Waals surface area contributed by atoms with Crippen LogP contribution in [0.5, 0.6) is 11.5 Å². The van der Waals surface area contributed by atoms with Crippen molar-refractivity contribution >= 4 is 23.2 Å². The molecule has 0 radical (unpaired) electrons. The minimum Gasteiger partial charge on any atom is -0.489 e. The van der Waals surface area contributed by atoms with Crippen LogP contribution in [-0.4, -0.2) is 33.9 Å². The Hall–Kier alpha value is -3.13. The molecule has 1 N–H and O–H groups in total. The quantitative estimate of drug-likeness (QED) is 0.607. The first-order valence-corrected chi connectivity index (χ1v) is 11.1. The average Bonchev–Trinajstić information content (AvgIpc) is 2.96. The lowest BCUT2D eigenvalue weighted by Crippen LogP contribution is -2.14. The van der Waals surface area contributed by atoms with Crippen molar-refractivity contribution in [1.29, 1.82) is 0 Å². The number of ether oxygens (including phenoxy) is 2. The Morgan fingerprint density at radius 2 is 1.94 bits per heavy atom. The van der Waals surface area contributed by atoms with Crippen molar-refractivity contribution in [2.45, 2.75) is 38.6 Å². The molecule has 32 heavy (non-hydrogen) atoms. The molecule has 3 heterocycles. The maximum absolute atomic E-state index is 14.6. The van der Waals surface area contributed by atoms with Crippen LogP contribution in [0.4, 0.5) is 10.1 Å². The van der Waals surface area contributed by atoms with Crippen molar-refractivity contribution < 1.29 is 18.7 Å². The zero-order valence-corrected chi connectivity index (χ0v) is 18.1. The summed E-state index contributed by atoms with van der Waals surface area (Å²) in [6, 6.07) is 7.61. The monoisotopic (exact) mass is 456 g/mol. The maximum atomic E-state index is 14.6. The van der Waals surface area contributed by atoms with Gasteiger partial charge in [0.05, 0.1) is 23.9 Å². The topological polar surface area (TPSA) is 78.3 Å². The van der Waals surface area contributed by atoms with E-state index in [2.05, 4.69) is 20.1 Å². The van der Waals surface area contributed by atoms with Crippen LogP contribution in [-0.2, 0) is 13.0 Å². The van der Waals surface area contributed by atoms with Crippen LogP contribution >= 0.6 is 11.6 Å². The number of amides is 1. The van der Waals surface area contributed by atoms with Gasteiger partial charge in [0, 0.05) is 30.5 Å². The van der Waals surface area contributed by atoms with Crippen molar-refractivity contribution in [3.8, 4) is 22.9 Å². The molecule has 166 valence electrons. The van der Waals surface area contributed by atoms with E-state index in [1.54, 1.807) is 18.2 Å². The molecule has 0 spiro atoms. The van der Waals surface area contributed by atoms with Gasteiger partial charge in [-0.15, -0.1) is 10.2 Å². The number of anilines is 1. The number of halogens is 2. The van der Waals surface area contributed by atoms with Crippen molar-refractivity contribution in [1.82, 2.24) is 14.8 Å².